The maximum Gasteiger partial charge on any atom is 0.243 e. The zero-order chi connectivity index (χ0) is 104. The van der Waals surface area contributed by atoms with Gasteiger partial charge in [0, 0.05) is 38.8 Å². The van der Waals surface area contributed by atoms with Gasteiger partial charge < -0.3 is 109 Å². The second kappa shape index (κ2) is 60.0. The molecule has 768 valence electrons. The predicted molar refractivity (Wildman–Crippen MR) is 544 cm³/mol. The van der Waals surface area contributed by atoms with E-state index in [0.717, 1.165) is 0 Å². The van der Waals surface area contributed by atoms with Crippen LogP contribution in [0.25, 0.3) is 0 Å². The monoisotopic (exact) mass is 1970 g/mol. The summed E-state index contributed by atoms with van der Waals surface area (Å²) in [7, 11) is 0. The first-order valence-electron chi connectivity index (χ1n) is 48.9. The summed E-state index contributed by atoms with van der Waals surface area (Å²) < 4.78 is 0. The molecule has 8 rings (SSSR count). The molecule has 0 aliphatic heterocycles. The van der Waals surface area contributed by atoms with Gasteiger partial charge in [-0.1, -0.05) is 212 Å². The van der Waals surface area contributed by atoms with Crippen molar-refractivity contribution < 1.29 is 71.9 Å². The number of aromatic amines is 1. The molecule has 1 heterocycles. The van der Waals surface area contributed by atoms with Gasteiger partial charge in [0.05, 0.1) is 107 Å². The summed E-state index contributed by atoms with van der Waals surface area (Å²) >= 11 is 0. The van der Waals surface area contributed by atoms with Crippen LogP contribution in [0.1, 0.15) is 187 Å². The lowest BCUT2D eigenvalue weighted by atomic mass is 10.0. The number of amides is 15. The summed E-state index contributed by atoms with van der Waals surface area (Å²) in [4.78, 5) is 244. The largest absolute Gasteiger partial charge is 0.368 e. The number of carbonyl (C=O) groups excluding carboxylic acids is 15. The summed E-state index contributed by atoms with van der Waals surface area (Å²) in [6.45, 7) is 4.73. The molecule has 0 radical (unpaired) electrons. The molecule has 37 nitrogen and oxygen atoms in total. The van der Waals surface area contributed by atoms with E-state index in [1.54, 1.807) is 243 Å². The number of rotatable bonds is 61. The highest BCUT2D eigenvalue weighted by Crippen LogP contribution is 2.31. The van der Waals surface area contributed by atoms with Gasteiger partial charge in [-0.25, -0.2) is 4.98 Å². The Bertz CT molecular complexity index is 5310. The van der Waals surface area contributed by atoms with Crippen LogP contribution in [0.4, 0.5) is 0 Å². The van der Waals surface area contributed by atoms with E-state index in [4.69, 9.17) is 34.4 Å². The maximum absolute atomic E-state index is 16.1. The summed E-state index contributed by atoms with van der Waals surface area (Å²) in [5, 5.41) is 7.51. The lowest BCUT2D eigenvalue weighted by molar-refractivity contribution is -0.152. The minimum absolute atomic E-state index is 0.0184. The van der Waals surface area contributed by atoms with E-state index in [0.29, 0.717) is 89.6 Å². The molecule has 0 saturated heterocycles. The van der Waals surface area contributed by atoms with Crippen LogP contribution >= 0.6 is 0 Å². The Morgan fingerprint density at radius 1 is 0.287 bits per heavy atom. The minimum atomic E-state index is -1.29. The van der Waals surface area contributed by atoms with Gasteiger partial charge >= 0.3 is 0 Å². The third-order valence-corrected chi connectivity index (χ3v) is 25.6. The van der Waals surface area contributed by atoms with Gasteiger partial charge in [0.25, 0.3) is 0 Å². The van der Waals surface area contributed by atoms with Crippen molar-refractivity contribution in [2.45, 2.75) is 155 Å². The van der Waals surface area contributed by atoms with Crippen LogP contribution < -0.4 is 50.4 Å². The molecule has 1 aromatic heterocycles. The van der Waals surface area contributed by atoms with Crippen LogP contribution in [-0.4, -0.2) is 303 Å². The number of nitrogens with one attached hydrogen (secondary N) is 4. The van der Waals surface area contributed by atoms with Gasteiger partial charge in [-0.05, 0) is 165 Å². The van der Waals surface area contributed by atoms with Crippen LogP contribution in [0.2, 0.25) is 0 Å². The van der Waals surface area contributed by atoms with Gasteiger partial charge in [-0.3, -0.25) is 71.9 Å². The predicted octanol–water partition coefficient (Wildman–Crippen LogP) is 5.51. The van der Waals surface area contributed by atoms with Gasteiger partial charge in [0.2, 0.25) is 88.6 Å². The molecule has 37 heteroatoms. The molecule has 8 aromatic rings. The number of aromatic nitrogens is 2. The molecule has 8 atom stereocenters. The highest BCUT2D eigenvalue weighted by molar-refractivity contribution is 5.97. The normalized spacial score (nSPS) is 12.7. The molecule has 16 N–H and O–H groups in total. The van der Waals surface area contributed by atoms with E-state index in [2.05, 4.69) is 25.9 Å². The van der Waals surface area contributed by atoms with Gasteiger partial charge in [0.1, 0.15) is 45.3 Å². The first-order chi connectivity index (χ1) is 68.8. The second-order valence-corrected chi connectivity index (χ2v) is 35.6. The van der Waals surface area contributed by atoms with E-state index >= 15 is 43.2 Å². The quantitative estimate of drug-likeness (QED) is 0.0210. The van der Waals surface area contributed by atoms with E-state index < -0.39 is 222 Å². The summed E-state index contributed by atoms with van der Waals surface area (Å²) in [6, 6.07) is 55.3. The van der Waals surface area contributed by atoms with Crippen LogP contribution in [-0.2, 0) is 78.3 Å². The van der Waals surface area contributed by atoms with Crippen molar-refractivity contribution in [3.63, 3.8) is 0 Å². The number of hydrogen-bond donors (Lipinski definition) is 10. The number of benzene rings is 7. The number of imidazole rings is 1. The molecule has 0 aliphatic rings. The second-order valence-electron chi connectivity index (χ2n) is 35.6. The molecular weight excluding hydrogens is 1820 g/mol. The van der Waals surface area contributed by atoms with Crippen molar-refractivity contribution in [3.05, 3.63) is 269 Å². The topological polar surface area (TPSA) is 513 Å². The van der Waals surface area contributed by atoms with Crippen molar-refractivity contribution in [2.75, 3.05) is 144 Å². The highest BCUT2D eigenvalue weighted by atomic mass is 16.2. The van der Waals surface area contributed by atoms with Crippen molar-refractivity contribution >= 4 is 88.6 Å². The Morgan fingerprint density at radius 3 is 0.755 bits per heavy atom. The number of H-pyrrole nitrogens is 1. The van der Waals surface area contributed by atoms with Crippen LogP contribution in [0.3, 0.4) is 0 Å². The molecule has 0 bridgehead atoms. The van der Waals surface area contributed by atoms with E-state index in [1.165, 1.54) is 66.4 Å². The number of hydrogen-bond acceptors (Lipinski definition) is 21. The average molecular weight is 1970 g/mol. The number of carbonyl (C=O) groups is 15. The summed E-state index contributed by atoms with van der Waals surface area (Å²) in [6.07, 6.45) is 5.76. The third kappa shape index (κ3) is 36.0. The summed E-state index contributed by atoms with van der Waals surface area (Å²) in [5.74, 6) is -10.4. The molecule has 0 saturated carbocycles. The molecular formula is C106H144N22O15. The van der Waals surface area contributed by atoms with Crippen molar-refractivity contribution in [1.82, 2.24) is 79.8 Å². The van der Waals surface area contributed by atoms with Crippen LogP contribution in [0.5, 0.6) is 0 Å². The molecule has 0 unspecified atom stereocenters. The molecule has 143 heavy (non-hydrogen) atoms. The van der Waals surface area contributed by atoms with Gasteiger partial charge in [-0.15, -0.1) is 0 Å². The van der Waals surface area contributed by atoms with Crippen molar-refractivity contribution in [2.24, 2.45) is 34.4 Å². The third-order valence-electron chi connectivity index (χ3n) is 25.6. The Labute approximate surface area is 838 Å². The number of nitrogens with two attached hydrogens (primary N) is 6. The first-order valence-corrected chi connectivity index (χ1v) is 48.9. The number of unbranched alkanes of at least 4 members (excludes halogenated alkanes) is 4. The van der Waals surface area contributed by atoms with Gasteiger partial charge in [0.15, 0.2) is 0 Å². The fourth-order valence-electron chi connectivity index (χ4n) is 16.8. The summed E-state index contributed by atoms with van der Waals surface area (Å²) in [5.41, 5.74) is 40.1. The fourth-order valence-corrected chi connectivity index (χ4v) is 16.8. The fraction of sp³-hybridized carbons (Fsp3) is 0.434. The Kier molecular flexibility index (Phi) is 47.8. The Hall–Kier alpha value is -14.4. The van der Waals surface area contributed by atoms with E-state index in [1.807, 2.05) is 18.2 Å². The number of nitrogens with zero attached hydrogens (tertiary/aromatic N) is 12. The molecule has 0 spiro atoms. The zero-order valence-electron chi connectivity index (χ0n) is 83.4. The first kappa shape index (κ1) is 114. The lowest BCUT2D eigenvalue weighted by Crippen LogP contribution is -2.54. The Morgan fingerprint density at radius 2 is 0.524 bits per heavy atom. The SMILES string of the molecule is C[C@@H](c1ccccc1)N(CC(N)=O)C(=O)CN(CCCCN)C(=O)CN(C(=O)CN(C(=O)CN(CCCCN)C(=O)CN(C(=O)CN(C(=O)CN(CCCCN)C(=O)CN(C(=O)CN(C(=O)CN(CCCCN)C(=O)CNC(=O)[C@H](Cc1c[nH]cn1)NC(=O)CNC(=O)CN)[C@@H](C)c1ccccc1)[C@@H](C)c1ccccc1)[C@@H](C)c1ccccc1)[C@@H](C)c1ccccc1)[C@@H](C)c1ccccc1)[C@@H](C)c1ccccc1. The molecule has 15 amide bonds. The highest BCUT2D eigenvalue weighted by Gasteiger charge is 2.40. The van der Waals surface area contributed by atoms with Gasteiger partial charge in [-0.2, -0.15) is 0 Å². The van der Waals surface area contributed by atoms with Crippen LogP contribution in [0, 0.1) is 0 Å². The maximum atomic E-state index is 16.1. The van der Waals surface area contributed by atoms with Crippen molar-refractivity contribution in [3.8, 4) is 0 Å². The minimum Gasteiger partial charge on any atom is -0.368 e. The molecule has 0 fully saturated rings. The van der Waals surface area contributed by atoms with Crippen molar-refractivity contribution in [1.29, 1.82) is 0 Å². The Balaban J connectivity index is 1.10. The smallest absolute Gasteiger partial charge is 0.243 e. The lowest BCUT2D eigenvalue weighted by Gasteiger charge is -2.38. The number of primary amides is 1. The standard InChI is InChI=1S/C106H144N22O15/c1-76(83-37-15-8-16-38-83)122(64-92(112)129)99(136)66-119(56-34-30-52-108)96(133)69-123(77(2)84-39-17-9-18-40-84)104(141)73-127(81(6)88-47-25-13-26-48-88)101(138)68-121(58-36-32-54-110)98(135)71-125(79(4)86-43-21-11-22-44-86)105(142)74-128(82(7)89-49-27-14-28-50-89)102(139)67-120(57-35-31-53-109)97(134)70-124(78(3)85-41-19-10-20-42-85)103(140)72-126(80(5)87-45-23-12-24-46-87)100(137)65-118(55-33-29-51-107)95(132)63-115-106(143)91(59-90-61-113-75-116-90)117-94(131)62-114-93(130)60-111/h8-28,37-50,61,75-82,91H,29-36,51-60,62-74,107-111H2,1-7H3,(H2,112,129)(H,113,116)(H,114,130)(H,115,143)(H,117,131)/t76-,77-,78-,79-,80-,81-,82-,91-/m0/s1. The van der Waals surface area contributed by atoms with Crippen LogP contribution in [0.15, 0.2) is 225 Å². The molecule has 0 aliphatic carbocycles. The average Bonchev–Trinajstić information content (AvgIpc) is 1.03. The van der Waals surface area contributed by atoms with E-state index in [-0.39, 0.29) is 71.7 Å². The van der Waals surface area contributed by atoms with E-state index in [9.17, 15) is 28.8 Å². The zero-order valence-corrected chi connectivity index (χ0v) is 83.4. The molecule has 7 aromatic carbocycles.